The minimum Gasteiger partial charge on any atom is -0.464 e. The lowest BCUT2D eigenvalue weighted by atomic mass is 10.2. The zero-order valence-electron chi connectivity index (χ0n) is 8.34. The Kier molecular flexibility index (Phi) is 4.35. The summed E-state index contributed by atoms with van der Waals surface area (Å²) in [5, 5.41) is 2.94. The average Bonchev–Trinajstić information content (AvgIpc) is 2.17. The van der Waals surface area contributed by atoms with Gasteiger partial charge in [0.2, 0.25) is 0 Å². The van der Waals surface area contributed by atoms with Crippen LogP contribution in [0.5, 0.6) is 5.75 Å². The summed E-state index contributed by atoms with van der Waals surface area (Å²) in [6, 6.07) is 4.85. The maximum atomic E-state index is 13.3. The molecule has 1 aromatic rings. The Morgan fingerprint density at radius 3 is 2.79 bits per heavy atom. The first-order valence-electron chi connectivity index (χ1n) is 4.32. The van der Waals surface area contributed by atoms with Gasteiger partial charge in [-0.3, -0.25) is 0 Å². The minimum absolute atomic E-state index is 0.0578. The van der Waals surface area contributed by atoms with Gasteiger partial charge in [0.1, 0.15) is 0 Å². The molecule has 0 heterocycles. The molecule has 0 aliphatic carbocycles. The molecule has 0 saturated carbocycles. The van der Waals surface area contributed by atoms with E-state index in [9.17, 15) is 4.39 Å². The van der Waals surface area contributed by atoms with E-state index in [0.29, 0.717) is 6.54 Å². The number of hydrogen-bond acceptors (Lipinski definition) is 3. The van der Waals surface area contributed by atoms with Crippen molar-refractivity contribution in [1.29, 1.82) is 0 Å². The smallest absolute Gasteiger partial charge is 0.188 e. The second-order valence-corrected chi connectivity index (χ2v) is 2.85. The topological polar surface area (TPSA) is 30.5 Å². The molecular weight excluding hydrogens is 185 g/mol. The zero-order chi connectivity index (χ0) is 10.4. The lowest BCUT2D eigenvalue weighted by Crippen LogP contribution is -2.06. The standard InChI is InChI=1S/C10H14FNO2/c1-12-6-8-3-4-10(9(11)5-8)14-7-13-2/h3-5,12H,6-7H2,1-2H3. The second-order valence-electron chi connectivity index (χ2n) is 2.85. The predicted octanol–water partition coefficient (Wildman–Crippen LogP) is 1.53. The second kappa shape index (κ2) is 5.57. The molecule has 1 aromatic carbocycles. The van der Waals surface area contributed by atoms with Crippen molar-refractivity contribution in [2.75, 3.05) is 21.0 Å². The SMILES string of the molecule is CNCc1ccc(OCOC)c(F)c1. The van der Waals surface area contributed by atoms with E-state index in [-0.39, 0.29) is 18.4 Å². The third-order valence-electron chi connectivity index (χ3n) is 1.71. The van der Waals surface area contributed by atoms with Crippen molar-refractivity contribution in [2.24, 2.45) is 0 Å². The van der Waals surface area contributed by atoms with Crippen molar-refractivity contribution >= 4 is 0 Å². The maximum Gasteiger partial charge on any atom is 0.188 e. The van der Waals surface area contributed by atoms with E-state index in [1.807, 2.05) is 13.1 Å². The van der Waals surface area contributed by atoms with E-state index in [0.717, 1.165) is 5.56 Å². The first kappa shape index (κ1) is 10.9. The summed E-state index contributed by atoms with van der Waals surface area (Å²) in [6.45, 7) is 0.698. The van der Waals surface area contributed by atoms with Crippen LogP contribution in [0.4, 0.5) is 4.39 Å². The highest BCUT2D eigenvalue weighted by Gasteiger charge is 2.03. The summed E-state index contributed by atoms with van der Waals surface area (Å²) >= 11 is 0. The average molecular weight is 199 g/mol. The van der Waals surface area contributed by atoms with Crippen LogP contribution in [-0.4, -0.2) is 21.0 Å². The van der Waals surface area contributed by atoms with Crippen LogP contribution in [0.1, 0.15) is 5.56 Å². The Bertz CT molecular complexity index is 291. The van der Waals surface area contributed by atoms with Crippen molar-refractivity contribution < 1.29 is 13.9 Å². The van der Waals surface area contributed by atoms with E-state index < -0.39 is 0 Å². The summed E-state index contributed by atoms with van der Waals surface area (Å²) in [5.74, 6) is -0.151. The molecule has 1 rings (SSSR count). The Hall–Kier alpha value is -1.13. The van der Waals surface area contributed by atoms with E-state index >= 15 is 0 Å². The Balaban J connectivity index is 2.68. The molecule has 0 radical (unpaired) electrons. The first-order valence-corrected chi connectivity index (χ1v) is 4.32. The van der Waals surface area contributed by atoms with E-state index in [2.05, 4.69) is 10.1 Å². The van der Waals surface area contributed by atoms with Crippen LogP contribution in [0.25, 0.3) is 0 Å². The van der Waals surface area contributed by atoms with Crippen molar-refractivity contribution in [3.8, 4) is 5.75 Å². The molecule has 0 amide bonds. The maximum absolute atomic E-state index is 13.3. The third-order valence-corrected chi connectivity index (χ3v) is 1.71. The molecule has 0 unspecified atom stereocenters. The predicted molar refractivity (Wildman–Crippen MR) is 51.7 cm³/mol. The number of rotatable bonds is 5. The van der Waals surface area contributed by atoms with Gasteiger partial charge in [0.05, 0.1) is 0 Å². The quantitative estimate of drug-likeness (QED) is 0.729. The summed E-state index contributed by atoms with van der Waals surface area (Å²) in [7, 11) is 3.31. The molecule has 0 fully saturated rings. The van der Waals surface area contributed by atoms with Gasteiger partial charge in [-0.2, -0.15) is 0 Å². The van der Waals surface area contributed by atoms with Crippen LogP contribution >= 0.6 is 0 Å². The van der Waals surface area contributed by atoms with Gasteiger partial charge in [-0.15, -0.1) is 0 Å². The van der Waals surface area contributed by atoms with Crippen LogP contribution in [-0.2, 0) is 11.3 Å². The fourth-order valence-electron chi connectivity index (χ4n) is 1.10. The molecule has 14 heavy (non-hydrogen) atoms. The number of hydrogen-bond donors (Lipinski definition) is 1. The van der Waals surface area contributed by atoms with Gasteiger partial charge in [0, 0.05) is 13.7 Å². The van der Waals surface area contributed by atoms with Gasteiger partial charge in [0.15, 0.2) is 18.4 Å². The van der Waals surface area contributed by atoms with Gasteiger partial charge in [-0.25, -0.2) is 4.39 Å². The molecule has 0 saturated heterocycles. The van der Waals surface area contributed by atoms with Crippen LogP contribution in [0, 0.1) is 5.82 Å². The fourth-order valence-corrected chi connectivity index (χ4v) is 1.10. The largest absolute Gasteiger partial charge is 0.464 e. The number of benzene rings is 1. The third kappa shape index (κ3) is 2.97. The molecule has 0 atom stereocenters. The molecule has 0 aliphatic rings. The monoisotopic (exact) mass is 199 g/mol. The van der Waals surface area contributed by atoms with Gasteiger partial charge < -0.3 is 14.8 Å². The minimum atomic E-state index is -0.366. The van der Waals surface area contributed by atoms with Gasteiger partial charge in [-0.1, -0.05) is 6.07 Å². The van der Waals surface area contributed by atoms with E-state index in [4.69, 9.17) is 4.74 Å². The molecule has 4 heteroatoms. The molecule has 0 aliphatic heterocycles. The summed E-state index contributed by atoms with van der Waals surface area (Å²) in [6.07, 6.45) is 0. The molecule has 3 nitrogen and oxygen atoms in total. The Labute approximate surface area is 82.8 Å². The molecule has 1 N–H and O–H groups in total. The molecule has 0 aromatic heterocycles. The fraction of sp³-hybridized carbons (Fsp3) is 0.400. The number of halogens is 1. The lowest BCUT2D eigenvalue weighted by Gasteiger charge is -2.07. The van der Waals surface area contributed by atoms with Crippen LogP contribution in [0.2, 0.25) is 0 Å². The molecule has 0 spiro atoms. The van der Waals surface area contributed by atoms with Crippen LogP contribution in [0.15, 0.2) is 18.2 Å². The zero-order valence-corrected chi connectivity index (χ0v) is 8.34. The van der Waals surface area contributed by atoms with E-state index in [1.165, 1.54) is 13.2 Å². The normalized spacial score (nSPS) is 10.2. The van der Waals surface area contributed by atoms with Gasteiger partial charge in [-0.05, 0) is 24.7 Å². The summed E-state index contributed by atoms with van der Waals surface area (Å²) in [4.78, 5) is 0. The molecular formula is C10H14FNO2. The highest BCUT2D eigenvalue weighted by atomic mass is 19.1. The van der Waals surface area contributed by atoms with Crippen molar-refractivity contribution in [3.63, 3.8) is 0 Å². The number of methoxy groups -OCH3 is 1. The Morgan fingerprint density at radius 2 is 2.21 bits per heavy atom. The van der Waals surface area contributed by atoms with E-state index in [1.54, 1.807) is 6.07 Å². The van der Waals surface area contributed by atoms with Gasteiger partial charge in [0.25, 0.3) is 0 Å². The number of nitrogens with one attached hydrogen (secondary N) is 1. The molecule has 78 valence electrons. The van der Waals surface area contributed by atoms with Crippen LogP contribution < -0.4 is 10.1 Å². The summed E-state index contributed by atoms with van der Waals surface area (Å²) < 4.78 is 23.0. The number of ether oxygens (including phenoxy) is 2. The van der Waals surface area contributed by atoms with Crippen molar-refractivity contribution in [1.82, 2.24) is 5.32 Å². The summed E-state index contributed by atoms with van der Waals surface area (Å²) in [5.41, 5.74) is 0.884. The highest BCUT2D eigenvalue weighted by molar-refractivity contribution is 5.29. The lowest BCUT2D eigenvalue weighted by molar-refractivity contribution is 0.0483. The van der Waals surface area contributed by atoms with Crippen LogP contribution in [0.3, 0.4) is 0 Å². The highest BCUT2D eigenvalue weighted by Crippen LogP contribution is 2.18. The first-order chi connectivity index (χ1) is 6.77. The van der Waals surface area contributed by atoms with Gasteiger partial charge >= 0.3 is 0 Å². The van der Waals surface area contributed by atoms with Crippen molar-refractivity contribution in [3.05, 3.63) is 29.6 Å². The molecule has 0 bridgehead atoms. The van der Waals surface area contributed by atoms with Crippen molar-refractivity contribution in [2.45, 2.75) is 6.54 Å². The Morgan fingerprint density at radius 1 is 1.43 bits per heavy atom.